The molecule has 0 saturated heterocycles. The summed E-state index contributed by atoms with van der Waals surface area (Å²) in [5, 5.41) is 24.6. The van der Waals surface area contributed by atoms with Gasteiger partial charge in [-0.15, -0.1) is 0 Å². The Morgan fingerprint density at radius 2 is 2.17 bits per heavy atom. The number of halogens is 1. The molecule has 0 atom stereocenters. The highest BCUT2D eigenvalue weighted by molar-refractivity contribution is 6.32. The minimum Gasteiger partial charge on any atom is -0.334 e. The number of benzene rings is 1. The van der Waals surface area contributed by atoms with Crippen molar-refractivity contribution in [3.8, 4) is 6.07 Å². The van der Waals surface area contributed by atoms with Crippen LogP contribution in [0.2, 0.25) is 5.15 Å². The fraction of sp³-hybridized carbons (Fsp3) is 0.0769. The first kappa shape index (κ1) is 16.1. The van der Waals surface area contributed by atoms with Gasteiger partial charge in [-0.25, -0.2) is 0 Å². The van der Waals surface area contributed by atoms with Gasteiger partial charge < -0.3 is 5.32 Å². The van der Waals surface area contributed by atoms with Gasteiger partial charge in [-0.1, -0.05) is 17.7 Å². The molecule has 0 saturated carbocycles. The lowest BCUT2D eigenvalue weighted by Gasteiger charge is -2.09. The third kappa shape index (κ3) is 3.90. The number of amides is 1. The van der Waals surface area contributed by atoms with E-state index in [1.54, 1.807) is 18.2 Å². The van der Waals surface area contributed by atoms with Crippen molar-refractivity contribution in [1.29, 1.82) is 5.26 Å². The molecule has 1 aromatic heterocycles. The van der Waals surface area contributed by atoms with Gasteiger partial charge in [0, 0.05) is 12.6 Å². The number of aromatic nitrogens is 2. The fourth-order valence-corrected chi connectivity index (χ4v) is 1.93. The van der Waals surface area contributed by atoms with E-state index in [1.165, 1.54) is 13.0 Å². The molecule has 0 aliphatic carbocycles. The number of carbonyl (C=O) groups is 1. The summed E-state index contributed by atoms with van der Waals surface area (Å²) in [4.78, 5) is 29.0. The molecule has 2 aromatic rings. The van der Waals surface area contributed by atoms with E-state index in [-0.39, 0.29) is 11.8 Å². The standard InChI is InChI=1S/C13H9ClN6O3/c1-7(21)16-13-18-11(14)10(20(22)23)12(19-13)17-9-4-2-3-8(5-9)6-15/h2-5H,1H3,(H2,16,17,18,19,21). The summed E-state index contributed by atoms with van der Waals surface area (Å²) in [6, 6.07) is 8.21. The predicted octanol–water partition coefficient (Wildman–Crippen LogP) is 2.61. The Bertz CT molecular complexity index is 833. The van der Waals surface area contributed by atoms with Crippen LogP contribution in [0.25, 0.3) is 0 Å². The number of carbonyl (C=O) groups excluding carboxylic acids is 1. The molecular weight excluding hydrogens is 324 g/mol. The van der Waals surface area contributed by atoms with Gasteiger partial charge in [-0.05, 0) is 18.2 Å². The zero-order valence-corrected chi connectivity index (χ0v) is 12.5. The first-order valence-corrected chi connectivity index (χ1v) is 6.55. The maximum Gasteiger partial charge on any atom is 0.348 e. The number of hydrogen-bond acceptors (Lipinski definition) is 7. The molecule has 0 aliphatic heterocycles. The second-order valence-electron chi connectivity index (χ2n) is 4.29. The summed E-state index contributed by atoms with van der Waals surface area (Å²) in [5.74, 6) is -0.826. The van der Waals surface area contributed by atoms with Crippen LogP contribution >= 0.6 is 11.6 Å². The first-order chi connectivity index (χ1) is 10.9. The summed E-state index contributed by atoms with van der Waals surface area (Å²) in [7, 11) is 0. The molecule has 9 nitrogen and oxygen atoms in total. The molecule has 2 N–H and O–H groups in total. The first-order valence-electron chi connectivity index (χ1n) is 6.17. The van der Waals surface area contributed by atoms with Crippen LogP contribution < -0.4 is 10.6 Å². The average molecular weight is 333 g/mol. The van der Waals surface area contributed by atoms with Gasteiger partial charge in [0.2, 0.25) is 22.8 Å². The van der Waals surface area contributed by atoms with E-state index in [0.29, 0.717) is 11.3 Å². The maximum absolute atomic E-state index is 11.2. The number of hydrogen-bond donors (Lipinski definition) is 2. The molecule has 0 fully saturated rings. The molecule has 0 radical (unpaired) electrons. The topological polar surface area (TPSA) is 134 Å². The lowest BCUT2D eigenvalue weighted by Crippen LogP contribution is -2.12. The van der Waals surface area contributed by atoms with Crippen molar-refractivity contribution in [3.63, 3.8) is 0 Å². The van der Waals surface area contributed by atoms with Crippen molar-refractivity contribution in [1.82, 2.24) is 9.97 Å². The Kier molecular flexibility index (Phi) is 4.68. The van der Waals surface area contributed by atoms with E-state index in [2.05, 4.69) is 20.6 Å². The lowest BCUT2D eigenvalue weighted by atomic mass is 10.2. The van der Waals surface area contributed by atoms with Gasteiger partial charge in [0.15, 0.2) is 0 Å². The lowest BCUT2D eigenvalue weighted by molar-refractivity contribution is -0.384. The highest BCUT2D eigenvalue weighted by Crippen LogP contribution is 2.32. The van der Waals surface area contributed by atoms with Gasteiger partial charge in [0.25, 0.3) is 0 Å². The fourth-order valence-electron chi connectivity index (χ4n) is 1.69. The third-order valence-corrected chi connectivity index (χ3v) is 2.83. The summed E-state index contributed by atoms with van der Waals surface area (Å²) in [6.45, 7) is 1.24. The van der Waals surface area contributed by atoms with E-state index in [4.69, 9.17) is 16.9 Å². The monoisotopic (exact) mass is 332 g/mol. The second kappa shape index (κ2) is 6.67. The Morgan fingerprint density at radius 1 is 1.43 bits per heavy atom. The second-order valence-corrected chi connectivity index (χ2v) is 4.65. The van der Waals surface area contributed by atoms with Gasteiger partial charge in [0.05, 0.1) is 16.6 Å². The number of rotatable bonds is 4. The molecule has 10 heteroatoms. The molecule has 0 bridgehead atoms. The number of nitrogens with zero attached hydrogens (tertiary/aromatic N) is 4. The molecule has 2 rings (SSSR count). The Balaban J connectivity index is 2.49. The van der Waals surface area contributed by atoms with Crippen LogP contribution in [-0.2, 0) is 4.79 Å². The highest BCUT2D eigenvalue weighted by Gasteiger charge is 2.24. The van der Waals surface area contributed by atoms with Crippen molar-refractivity contribution >= 4 is 40.6 Å². The highest BCUT2D eigenvalue weighted by atomic mass is 35.5. The van der Waals surface area contributed by atoms with Gasteiger partial charge in [-0.2, -0.15) is 15.2 Å². The molecule has 0 aliphatic rings. The van der Waals surface area contributed by atoms with Crippen LogP contribution in [0.3, 0.4) is 0 Å². The largest absolute Gasteiger partial charge is 0.348 e. The Hall–Kier alpha value is -3.25. The van der Waals surface area contributed by atoms with Crippen molar-refractivity contribution < 1.29 is 9.72 Å². The molecule has 1 aromatic carbocycles. The maximum atomic E-state index is 11.2. The number of nitriles is 1. The third-order valence-electron chi connectivity index (χ3n) is 2.57. The van der Waals surface area contributed by atoms with E-state index in [0.717, 1.165) is 0 Å². The number of anilines is 3. The smallest absolute Gasteiger partial charge is 0.334 e. The number of nitrogens with one attached hydrogen (secondary N) is 2. The minimum atomic E-state index is -0.740. The number of nitro groups is 1. The quantitative estimate of drug-likeness (QED) is 0.499. The van der Waals surface area contributed by atoms with E-state index in [9.17, 15) is 14.9 Å². The van der Waals surface area contributed by atoms with E-state index in [1.807, 2.05) is 6.07 Å². The summed E-state index contributed by atoms with van der Waals surface area (Å²) in [6.07, 6.45) is 0. The summed E-state index contributed by atoms with van der Waals surface area (Å²) in [5.41, 5.74) is 0.221. The minimum absolute atomic E-state index is 0.174. The Morgan fingerprint density at radius 3 is 2.78 bits per heavy atom. The molecule has 0 spiro atoms. The average Bonchev–Trinajstić information content (AvgIpc) is 2.45. The zero-order chi connectivity index (χ0) is 17.0. The van der Waals surface area contributed by atoms with Crippen molar-refractivity contribution in [2.24, 2.45) is 0 Å². The van der Waals surface area contributed by atoms with Crippen LogP contribution in [0.5, 0.6) is 0 Å². The van der Waals surface area contributed by atoms with Crippen LogP contribution in [0, 0.1) is 21.4 Å². The van der Waals surface area contributed by atoms with Crippen molar-refractivity contribution in [3.05, 3.63) is 45.1 Å². The van der Waals surface area contributed by atoms with E-state index < -0.39 is 21.7 Å². The molecule has 0 unspecified atom stereocenters. The molecule has 23 heavy (non-hydrogen) atoms. The SMILES string of the molecule is CC(=O)Nc1nc(Cl)c([N+](=O)[O-])c(Nc2cccc(C#N)c2)n1. The normalized spacial score (nSPS) is 9.78. The molecular formula is C13H9ClN6O3. The van der Waals surface area contributed by atoms with Gasteiger partial charge >= 0.3 is 5.69 Å². The molecule has 1 heterocycles. The van der Waals surface area contributed by atoms with Crippen LogP contribution in [-0.4, -0.2) is 20.8 Å². The van der Waals surface area contributed by atoms with Crippen molar-refractivity contribution in [2.45, 2.75) is 6.92 Å². The zero-order valence-electron chi connectivity index (χ0n) is 11.7. The summed E-state index contributed by atoms with van der Waals surface area (Å²) >= 11 is 5.80. The Labute approximate surface area is 135 Å². The van der Waals surface area contributed by atoms with Gasteiger partial charge in [0.1, 0.15) is 0 Å². The van der Waals surface area contributed by atoms with Crippen LogP contribution in [0.1, 0.15) is 12.5 Å². The van der Waals surface area contributed by atoms with E-state index >= 15 is 0 Å². The van der Waals surface area contributed by atoms with Crippen molar-refractivity contribution in [2.75, 3.05) is 10.6 Å². The summed E-state index contributed by atoms with van der Waals surface area (Å²) < 4.78 is 0. The molecule has 116 valence electrons. The molecule has 1 amide bonds. The van der Waals surface area contributed by atoms with Gasteiger partial charge in [-0.3, -0.25) is 20.2 Å². The predicted molar refractivity (Wildman–Crippen MR) is 82.4 cm³/mol. The van der Waals surface area contributed by atoms with Crippen LogP contribution in [0.15, 0.2) is 24.3 Å². The van der Waals surface area contributed by atoms with Crippen LogP contribution in [0.4, 0.5) is 23.1 Å².